The first-order valence-corrected chi connectivity index (χ1v) is 9.34. The summed E-state index contributed by atoms with van der Waals surface area (Å²) in [7, 11) is 1.21. The molecule has 7 nitrogen and oxygen atoms in total. The Balaban J connectivity index is 1.87. The monoisotopic (exact) mass is 460 g/mol. The molecule has 3 heterocycles. The lowest BCUT2D eigenvalue weighted by molar-refractivity contribution is -0.142. The van der Waals surface area contributed by atoms with Crippen molar-refractivity contribution in [1.82, 2.24) is 29.9 Å². The molecule has 0 saturated heterocycles. The molecule has 0 aliphatic heterocycles. The van der Waals surface area contributed by atoms with Crippen molar-refractivity contribution < 1.29 is 31.1 Å². The molecule has 1 unspecified atom stereocenters. The molecule has 0 spiro atoms. The van der Waals surface area contributed by atoms with Gasteiger partial charge in [0.15, 0.2) is 5.69 Å². The van der Waals surface area contributed by atoms with Crippen LogP contribution < -0.4 is 5.32 Å². The molecule has 0 aromatic carbocycles. The van der Waals surface area contributed by atoms with Gasteiger partial charge >= 0.3 is 12.4 Å². The van der Waals surface area contributed by atoms with E-state index in [-0.39, 0.29) is 17.0 Å². The van der Waals surface area contributed by atoms with Crippen LogP contribution in [-0.2, 0) is 25.9 Å². The van der Waals surface area contributed by atoms with E-state index >= 15 is 0 Å². The lowest BCUT2D eigenvalue weighted by Gasteiger charge is -2.15. The third kappa shape index (κ3) is 4.75. The van der Waals surface area contributed by atoms with Crippen molar-refractivity contribution in [3.05, 3.63) is 53.2 Å². The van der Waals surface area contributed by atoms with E-state index in [2.05, 4.69) is 20.5 Å². The molecule has 0 saturated carbocycles. The van der Waals surface area contributed by atoms with E-state index in [1.165, 1.54) is 23.9 Å². The largest absolute Gasteiger partial charge is 0.435 e. The number of nitrogens with one attached hydrogen (secondary N) is 1. The maximum absolute atomic E-state index is 13.0. The molecule has 13 heteroatoms. The Morgan fingerprint density at radius 2 is 1.72 bits per heavy atom. The third-order valence-electron chi connectivity index (χ3n) is 4.65. The van der Waals surface area contributed by atoms with Crippen LogP contribution in [0.2, 0.25) is 0 Å². The molecule has 0 fully saturated rings. The van der Waals surface area contributed by atoms with Crippen LogP contribution in [0.4, 0.5) is 26.3 Å². The minimum Gasteiger partial charge on any atom is -0.343 e. The summed E-state index contributed by atoms with van der Waals surface area (Å²) in [6.45, 7) is 3.68. The lowest BCUT2D eigenvalue weighted by atomic mass is 10.1. The first-order chi connectivity index (χ1) is 14.8. The average molecular weight is 460 g/mol. The molecule has 0 aliphatic carbocycles. The van der Waals surface area contributed by atoms with Crippen LogP contribution in [0, 0.1) is 0 Å². The third-order valence-corrected chi connectivity index (χ3v) is 4.65. The van der Waals surface area contributed by atoms with E-state index in [1.807, 2.05) is 0 Å². The van der Waals surface area contributed by atoms with Gasteiger partial charge in [0.1, 0.15) is 11.4 Å². The molecule has 1 N–H and O–H groups in total. The molecule has 32 heavy (non-hydrogen) atoms. The van der Waals surface area contributed by atoms with Crippen LogP contribution >= 0.6 is 0 Å². The van der Waals surface area contributed by atoms with Crippen molar-refractivity contribution in [3.63, 3.8) is 0 Å². The molecule has 3 aromatic heterocycles. The average Bonchev–Trinajstić information content (AvgIpc) is 3.31. The van der Waals surface area contributed by atoms with Gasteiger partial charge in [0.25, 0.3) is 5.91 Å². The molecule has 1 atom stereocenters. The SMILES string of the molecule is CCn1nc(-c2ccnc(C(F)(F)F)c2)cc1C(C)NC(=O)c1cc(C(F)(F)F)nn1C. The van der Waals surface area contributed by atoms with Crippen molar-refractivity contribution in [2.24, 2.45) is 7.05 Å². The van der Waals surface area contributed by atoms with Crippen LogP contribution in [0.25, 0.3) is 11.3 Å². The number of aromatic nitrogens is 5. The standard InChI is InChI=1S/C19H18F6N6O/c1-4-31-13(8-12(28-31)11-5-6-26-15(7-11)18(20,21)22)10(2)27-17(32)14-9-16(19(23,24)25)29-30(14)3/h5-10H,4H2,1-3H3,(H,27,32). The van der Waals surface area contributed by atoms with Gasteiger partial charge in [0, 0.05) is 31.4 Å². The first kappa shape index (κ1) is 23.3. The van der Waals surface area contributed by atoms with Crippen molar-refractivity contribution in [2.75, 3.05) is 0 Å². The maximum atomic E-state index is 13.0. The highest BCUT2D eigenvalue weighted by Gasteiger charge is 2.36. The number of amides is 1. The Bertz CT molecular complexity index is 1130. The van der Waals surface area contributed by atoms with Crippen molar-refractivity contribution in [2.45, 2.75) is 38.8 Å². The quantitative estimate of drug-likeness (QED) is 0.579. The number of aryl methyl sites for hydroxylation is 2. The minimum absolute atomic E-state index is 0.181. The number of pyridine rings is 1. The number of alkyl halides is 6. The van der Waals surface area contributed by atoms with Gasteiger partial charge in [-0.2, -0.15) is 36.5 Å². The summed E-state index contributed by atoms with van der Waals surface area (Å²) in [4.78, 5) is 15.8. The van der Waals surface area contributed by atoms with Crippen LogP contribution in [0.1, 0.15) is 47.5 Å². The van der Waals surface area contributed by atoms with E-state index in [0.717, 1.165) is 16.9 Å². The molecule has 1 amide bonds. The fraction of sp³-hybridized carbons (Fsp3) is 0.368. The zero-order valence-corrected chi connectivity index (χ0v) is 17.1. The summed E-state index contributed by atoms with van der Waals surface area (Å²) in [6, 6.07) is 3.67. The minimum atomic E-state index is -4.70. The summed E-state index contributed by atoms with van der Waals surface area (Å²) in [5, 5.41) is 10.2. The van der Waals surface area contributed by atoms with Crippen LogP contribution in [0.3, 0.4) is 0 Å². The van der Waals surface area contributed by atoms with Crippen LogP contribution in [0.5, 0.6) is 0 Å². The Labute approximate surface area is 178 Å². The Morgan fingerprint density at radius 3 is 2.28 bits per heavy atom. The number of halogens is 6. The van der Waals surface area contributed by atoms with E-state index in [0.29, 0.717) is 18.3 Å². The number of hydrogen-bond acceptors (Lipinski definition) is 4. The Kier molecular flexibility index (Phi) is 6.03. The summed E-state index contributed by atoms with van der Waals surface area (Å²) < 4.78 is 79.7. The highest BCUT2D eigenvalue weighted by atomic mass is 19.4. The molecule has 0 bridgehead atoms. The molecule has 3 rings (SSSR count). The summed E-state index contributed by atoms with van der Waals surface area (Å²) in [5.74, 6) is -0.795. The molecule has 172 valence electrons. The van der Waals surface area contributed by atoms with Crippen LogP contribution in [-0.4, -0.2) is 30.5 Å². The van der Waals surface area contributed by atoms with Crippen LogP contribution in [0.15, 0.2) is 30.5 Å². The lowest BCUT2D eigenvalue weighted by Crippen LogP contribution is -2.29. The topological polar surface area (TPSA) is 77.6 Å². The summed E-state index contributed by atoms with van der Waals surface area (Å²) in [5.41, 5.74) is -1.69. The second kappa shape index (κ2) is 8.28. The summed E-state index contributed by atoms with van der Waals surface area (Å²) >= 11 is 0. The van der Waals surface area contributed by atoms with Crippen molar-refractivity contribution in [3.8, 4) is 11.3 Å². The Morgan fingerprint density at radius 1 is 1.06 bits per heavy atom. The number of rotatable bonds is 5. The van der Waals surface area contributed by atoms with E-state index in [9.17, 15) is 31.1 Å². The number of carbonyl (C=O) groups is 1. The molecular weight excluding hydrogens is 442 g/mol. The molecule has 0 aliphatic rings. The van der Waals surface area contributed by atoms with E-state index in [4.69, 9.17) is 0 Å². The normalized spacial score (nSPS) is 13.3. The molecule has 3 aromatic rings. The smallest absolute Gasteiger partial charge is 0.343 e. The Hall–Kier alpha value is -3.38. The van der Waals surface area contributed by atoms with Gasteiger partial charge in [0.2, 0.25) is 0 Å². The van der Waals surface area contributed by atoms with Gasteiger partial charge in [-0.05, 0) is 32.0 Å². The fourth-order valence-electron chi connectivity index (χ4n) is 3.08. The highest BCUT2D eigenvalue weighted by Crippen LogP contribution is 2.31. The van der Waals surface area contributed by atoms with Gasteiger partial charge in [-0.3, -0.25) is 19.1 Å². The first-order valence-electron chi connectivity index (χ1n) is 9.34. The number of carbonyl (C=O) groups excluding carboxylic acids is 1. The zero-order valence-electron chi connectivity index (χ0n) is 17.1. The highest BCUT2D eigenvalue weighted by molar-refractivity contribution is 5.93. The number of hydrogen-bond donors (Lipinski definition) is 1. The van der Waals surface area contributed by atoms with Gasteiger partial charge in [-0.15, -0.1) is 0 Å². The van der Waals surface area contributed by atoms with Gasteiger partial charge < -0.3 is 5.32 Å². The van der Waals surface area contributed by atoms with Gasteiger partial charge in [-0.25, -0.2) is 0 Å². The predicted octanol–water partition coefficient (Wildman–Crippen LogP) is 4.23. The zero-order chi connectivity index (χ0) is 23.8. The van der Waals surface area contributed by atoms with E-state index < -0.39 is 35.7 Å². The predicted molar refractivity (Wildman–Crippen MR) is 100 cm³/mol. The van der Waals surface area contributed by atoms with Crippen molar-refractivity contribution in [1.29, 1.82) is 0 Å². The molecular formula is C19H18F6N6O. The maximum Gasteiger partial charge on any atom is 0.435 e. The second-order valence-corrected chi connectivity index (χ2v) is 6.93. The van der Waals surface area contributed by atoms with Crippen molar-refractivity contribution >= 4 is 5.91 Å². The fourth-order valence-corrected chi connectivity index (χ4v) is 3.08. The molecule has 0 radical (unpaired) electrons. The second-order valence-electron chi connectivity index (χ2n) is 6.93. The van der Waals surface area contributed by atoms with Gasteiger partial charge in [0.05, 0.1) is 17.4 Å². The number of nitrogens with zero attached hydrogens (tertiary/aromatic N) is 5. The summed E-state index contributed by atoms with van der Waals surface area (Å²) in [6.07, 6.45) is -8.29. The van der Waals surface area contributed by atoms with Gasteiger partial charge in [-0.1, -0.05) is 0 Å². The van der Waals surface area contributed by atoms with E-state index in [1.54, 1.807) is 13.8 Å².